The van der Waals surface area contributed by atoms with E-state index < -0.39 is 0 Å². The van der Waals surface area contributed by atoms with Crippen molar-refractivity contribution in [3.8, 4) is 0 Å². The fourth-order valence-corrected chi connectivity index (χ4v) is 4.79. The minimum Gasteiger partial charge on any atom is -0.337 e. The lowest BCUT2D eigenvalue weighted by atomic mass is 9.88. The second kappa shape index (κ2) is 6.48. The Kier molecular flexibility index (Phi) is 4.35. The van der Waals surface area contributed by atoms with Gasteiger partial charge < -0.3 is 10.2 Å². The summed E-state index contributed by atoms with van der Waals surface area (Å²) in [6.07, 6.45) is 7.83. The molecule has 3 fully saturated rings. The first kappa shape index (κ1) is 16.1. The van der Waals surface area contributed by atoms with Gasteiger partial charge in [-0.15, -0.1) is 0 Å². The van der Waals surface area contributed by atoms with Crippen molar-refractivity contribution in [2.75, 3.05) is 32.7 Å². The van der Waals surface area contributed by atoms with Crippen molar-refractivity contribution in [3.63, 3.8) is 0 Å². The van der Waals surface area contributed by atoms with Crippen LogP contribution in [-0.4, -0.2) is 70.3 Å². The quantitative estimate of drug-likeness (QED) is 0.871. The smallest absolute Gasteiger partial charge is 0.227 e. The number of nitrogens with one attached hydrogen (secondary N) is 1. The minimum atomic E-state index is 0.0480. The monoisotopic (exact) mass is 331 g/mol. The van der Waals surface area contributed by atoms with E-state index in [1.807, 2.05) is 17.9 Å². The Bertz CT molecular complexity index is 600. The fraction of sp³-hybridized carbons (Fsp3) is 0.778. The number of aryl methyl sites for hydroxylation is 1. The number of hydrogen-bond acceptors (Lipinski definition) is 4. The molecule has 3 aliphatic heterocycles. The molecule has 4 atom stereocenters. The van der Waals surface area contributed by atoms with Gasteiger partial charge in [0.05, 0.1) is 12.1 Å². The van der Waals surface area contributed by atoms with E-state index >= 15 is 0 Å². The molecule has 1 N–H and O–H groups in total. The van der Waals surface area contributed by atoms with E-state index in [0.717, 1.165) is 26.2 Å². The minimum absolute atomic E-state index is 0.0480. The van der Waals surface area contributed by atoms with Crippen LogP contribution < -0.4 is 5.32 Å². The molecule has 6 nitrogen and oxygen atoms in total. The fourth-order valence-electron chi connectivity index (χ4n) is 4.79. The summed E-state index contributed by atoms with van der Waals surface area (Å²) in [6, 6.07) is 0.895. The molecule has 4 rings (SSSR count). The molecule has 4 heterocycles. The largest absolute Gasteiger partial charge is 0.337 e. The van der Waals surface area contributed by atoms with Crippen LogP contribution in [0.3, 0.4) is 0 Å². The highest BCUT2D eigenvalue weighted by molar-refractivity contribution is 5.81. The Morgan fingerprint density at radius 2 is 2.17 bits per heavy atom. The van der Waals surface area contributed by atoms with Gasteiger partial charge in [0.25, 0.3) is 0 Å². The molecular weight excluding hydrogens is 302 g/mol. The molecule has 3 aliphatic rings. The van der Waals surface area contributed by atoms with Crippen molar-refractivity contribution in [1.82, 2.24) is 24.9 Å². The first-order valence-corrected chi connectivity index (χ1v) is 9.37. The summed E-state index contributed by atoms with van der Waals surface area (Å²) in [4.78, 5) is 18.1. The predicted octanol–water partition coefficient (Wildman–Crippen LogP) is 0.808. The average molecular weight is 331 g/mol. The SMILES string of the molecule is CC1CN2CCCCC2CN1C(=O)[C@H]1CNC[C@@H]1c1cnn(C)c1. The maximum atomic E-state index is 13.3. The Morgan fingerprint density at radius 3 is 2.96 bits per heavy atom. The van der Waals surface area contributed by atoms with Crippen molar-refractivity contribution in [2.45, 2.75) is 44.2 Å². The second-order valence-electron chi connectivity index (χ2n) is 7.80. The number of piperidine rings is 1. The van der Waals surface area contributed by atoms with E-state index in [1.165, 1.54) is 31.4 Å². The van der Waals surface area contributed by atoms with E-state index in [2.05, 4.69) is 33.3 Å². The lowest BCUT2D eigenvalue weighted by Crippen LogP contribution is -2.61. The van der Waals surface area contributed by atoms with Crippen molar-refractivity contribution in [2.24, 2.45) is 13.0 Å². The molecule has 0 aromatic carbocycles. The van der Waals surface area contributed by atoms with E-state index in [0.29, 0.717) is 18.0 Å². The highest BCUT2D eigenvalue weighted by atomic mass is 16.2. The van der Waals surface area contributed by atoms with Crippen LogP contribution in [0.1, 0.15) is 37.7 Å². The molecule has 6 heteroatoms. The summed E-state index contributed by atoms with van der Waals surface area (Å²) in [6.45, 7) is 7.03. The van der Waals surface area contributed by atoms with Gasteiger partial charge in [-0.2, -0.15) is 5.10 Å². The normalized spacial score (nSPS) is 34.3. The van der Waals surface area contributed by atoms with Crippen LogP contribution in [0.4, 0.5) is 0 Å². The van der Waals surface area contributed by atoms with Crippen molar-refractivity contribution >= 4 is 5.91 Å². The van der Waals surface area contributed by atoms with Crippen molar-refractivity contribution < 1.29 is 4.79 Å². The highest BCUT2D eigenvalue weighted by Crippen LogP contribution is 2.32. The zero-order valence-corrected chi connectivity index (χ0v) is 14.8. The van der Waals surface area contributed by atoms with Gasteiger partial charge >= 0.3 is 0 Å². The summed E-state index contributed by atoms with van der Waals surface area (Å²) in [7, 11) is 1.94. The van der Waals surface area contributed by atoms with Crippen LogP contribution >= 0.6 is 0 Å². The number of amides is 1. The standard InChI is InChI=1S/C18H29N5O/c1-13-10-22-6-4-3-5-15(22)12-23(13)18(24)17-9-19-8-16(17)14-7-20-21(2)11-14/h7,11,13,15-17,19H,3-6,8-10,12H2,1-2H3/t13?,15?,16-,17+/m1/s1. The third kappa shape index (κ3) is 2.86. The molecule has 2 unspecified atom stereocenters. The van der Waals surface area contributed by atoms with Crippen molar-refractivity contribution in [1.29, 1.82) is 0 Å². The van der Waals surface area contributed by atoms with Gasteiger partial charge in [0.15, 0.2) is 0 Å². The molecule has 0 bridgehead atoms. The van der Waals surface area contributed by atoms with Crippen molar-refractivity contribution in [3.05, 3.63) is 18.0 Å². The number of nitrogens with zero attached hydrogens (tertiary/aromatic N) is 4. The molecule has 3 saturated heterocycles. The lowest BCUT2D eigenvalue weighted by Gasteiger charge is -2.48. The average Bonchev–Trinajstić information content (AvgIpc) is 3.22. The van der Waals surface area contributed by atoms with Gasteiger partial charge in [0, 0.05) is 57.4 Å². The van der Waals surface area contributed by atoms with Crippen LogP contribution in [-0.2, 0) is 11.8 Å². The van der Waals surface area contributed by atoms with Gasteiger partial charge in [0.1, 0.15) is 0 Å². The number of fused-ring (bicyclic) bond motifs is 1. The Balaban J connectivity index is 1.49. The predicted molar refractivity (Wildman–Crippen MR) is 92.7 cm³/mol. The number of carbonyl (C=O) groups excluding carboxylic acids is 1. The first-order valence-electron chi connectivity index (χ1n) is 9.37. The zero-order chi connectivity index (χ0) is 16.7. The topological polar surface area (TPSA) is 53.4 Å². The summed E-state index contributed by atoms with van der Waals surface area (Å²) >= 11 is 0. The molecule has 24 heavy (non-hydrogen) atoms. The molecule has 0 spiro atoms. The maximum absolute atomic E-state index is 13.3. The Morgan fingerprint density at radius 1 is 1.29 bits per heavy atom. The molecule has 1 aromatic heterocycles. The van der Waals surface area contributed by atoms with Crippen LogP contribution in [0.25, 0.3) is 0 Å². The molecule has 0 radical (unpaired) electrons. The highest BCUT2D eigenvalue weighted by Gasteiger charge is 2.41. The molecule has 1 aromatic rings. The molecule has 1 amide bonds. The summed E-state index contributed by atoms with van der Waals surface area (Å²) in [5.74, 6) is 0.640. The number of aromatic nitrogens is 2. The Labute approximate surface area is 144 Å². The number of hydrogen-bond donors (Lipinski definition) is 1. The van der Waals surface area contributed by atoms with E-state index in [9.17, 15) is 4.79 Å². The third-order valence-corrected chi connectivity index (χ3v) is 6.15. The van der Waals surface area contributed by atoms with E-state index in [4.69, 9.17) is 0 Å². The third-order valence-electron chi connectivity index (χ3n) is 6.15. The van der Waals surface area contributed by atoms with E-state index in [1.54, 1.807) is 0 Å². The molecule has 132 valence electrons. The molecule has 0 aliphatic carbocycles. The number of carbonyl (C=O) groups is 1. The van der Waals surface area contributed by atoms with Crippen LogP contribution in [0.5, 0.6) is 0 Å². The second-order valence-corrected chi connectivity index (χ2v) is 7.80. The van der Waals surface area contributed by atoms with Crippen LogP contribution in [0.2, 0.25) is 0 Å². The lowest BCUT2D eigenvalue weighted by molar-refractivity contribution is -0.142. The number of piperazine rings is 1. The summed E-state index contributed by atoms with van der Waals surface area (Å²) < 4.78 is 1.83. The maximum Gasteiger partial charge on any atom is 0.227 e. The van der Waals surface area contributed by atoms with Crippen LogP contribution in [0, 0.1) is 5.92 Å². The Hall–Kier alpha value is -1.40. The number of rotatable bonds is 2. The van der Waals surface area contributed by atoms with Gasteiger partial charge in [-0.25, -0.2) is 0 Å². The van der Waals surface area contributed by atoms with Gasteiger partial charge in [-0.3, -0.25) is 14.4 Å². The zero-order valence-electron chi connectivity index (χ0n) is 14.8. The van der Waals surface area contributed by atoms with Crippen LogP contribution in [0.15, 0.2) is 12.4 Å². The summed E-state index contributed by atoms with van der Waals surface area (Å²) in [5.41, 5.74) is 1.19. The summed E-state index contributed by atoms with van der Waals surface area (Å²) in [5, 5.41) is 7.72. The van der Waals surface area contributed by atoms with Gasteiger partial charge in [-0.1, -0.05) is 6.42 Å². The molecular formula is C18H29N5O. The van der Waals surface area contributed by atoms with E-state index in [-0.39, 0.29) is 11.8 Å². The first-order chi connectivity index (χ1) is 11.6. The molecule has 0 saturated carbocycles. The van der Waals surface area contributed by atoms with Gasteiger partial charge in [0.2, 0.25) is 5.91 Å². The van der Waals surface area contributed by atoms with Gasteiger partial charge in [-0.05, 0) is 31.9 Å².